The van der Waals surface area contributed by atoms with Crippen LogP contribution in [0.1, 0.15) is 5.56 Å². The normalized spacial score (nSPS) is 10.6. The van der Waals surface area contributed by atoms with Crippen molar-refractivity contribution in [3.63, 3.8) is 0 Å². The number of hydrogen-bond acceptors (Lipinski definition) is 1. The van der Waals surface area contributed by atoms with E-state index in [2.05, 4.69) is 82.4 Å². The largest absolute Gasteiger partial charge is 0.268 e. The highest BCUT2D eigenvalue weighted by Crippen LogP contribution is 2.20. The Labute approximate surface area is 126 Å². The molecule has 0 unspecified atom stereocenters. The van der Waals surface area contributed by atoms with Crippen LogP contribution in [0.4, 0.5) is 0 Å². The molecular weight excluding hydrogens is 347 g/mol. The van der Waals surface area contributed by atoms with E-state index in [0.29, 0.717) is 0 Å². The molecule has 2 nitrogen and oxygen atoms in total. The lowest BCUT2D eigenvalue weighted by atomic mass is 10.1. The molecule has 1 heterocycles. The Kier molecular flexibility index (Phi) is 3.64. The molecule has 3 aromatic rings. The van der Waals surface area contributed by atoms with E-state index in [1.807, 2.05) is 16.9 Å². The van der Waals surface area contributed by atoms with Crippen LogP contribution in [0.25, 0.3) is 11.1 Å². The Bertz CT molecular complexity index is 657. The Morgan fingerprint density at radius 1 is 0.895 bits per heavy atom. The summed E-state index contributed by atoms with van der Waals surface area (Å²) in [6, 6.07) is 18.9. The summed E-state index contributed by atoms with van der Waals surface area (Å²) < 4.78 is 3.22. The fourth-order valence-electron chi connectivity index (χ4n) is 2.01. The van der Waals surface area contributed by atoms with Crippen molar-refractivity contribution in [2.75, 3.05) is 0 Å². The third kappa shape index (κ3) is 3.04. The molecule has 0 aliphatic heterocycles. The van der Waals surface area contributed by atoms with E-state index in [9.17, 15) is 0 Å². The van der Waals surface area contributed by atoms with E-state index in [1.54, 1.807) is 0 Å². The van der Waals surface area contributed by atoms with Gasteiger partial charge in [0.05, 0.1) is 12.7 Å². The molecule has 0 spiro atoms. The van der Waals surface area contributed by atoms with Crippen LogP contribution in [-0.4, -0.2) is 9.78 Å². The van der Waals surface area contributed by atoms with Gasteiger partial charge in [0.25, 0.3) is 0 Å². The van der Waals surface area contributed by atoms with Crippen molar-refractivity contribution in [2.45, 2.75) is 6.54 Å². The summed E-state index contributed by atoms with van der Waals surface area (Å²) in [6.45, 7) is 0.811. The molecule has 0 N–H and O–H groups in total. The molecule has 0 saturated heterocycles. The minimum absolute atomic E-state index is 0.811. The van der Waals surface area contributed by atoms with Crippen LogP contribution in [-0.2, 0) is 6.54 Å². The first-order valence-electron chi connectivity index (χ1n) is 6.13. The third-order valence-electron chi connectivity index (χ3n) is 3.00. The van der Waals surface area contributed by atoms with Gasteiger partial charge in [-0.2, -0.15) is 5.10 Å². The summed E-state index contributed by atoms with van der Waals surface area (Å²) in [4.78, 5) is 0. The fraction of sp³-hybridized carbons (Fsp3) is 0.0625. The number of rotatable bonds is 3. The lowest BCUT2D eigenvalue weighted by molar-refractivity contribution is 0.687. The molecule has 0 saturated carbocycles. The van der Waals surface area contributed by atoms with E-state index in [4.69, 9.17) is 0 Å². The predicted molar refractivity (Wildman–Crippen MR) is 85.9 cm³/mol. The smallest absolute Gasteiger partial charge is 0.0659 e. The molecule has 3 heteroatoms. The highest BCUT2D eigenvalue weighted by Gasteiger charge is 2.02. The van der Waals surface area contributed by atoms with Crippen molar-refractivity contribution >= 4 is 22.6 Å². The van der Waals surface area contributed by atoms with Gasteiger partial charge in [-0.15, -0.1) is 0 Å². The lowest BCUT2D eigenvalue weighted by Gasteiger charge is -2.01. The van der Waals surface area contributed by atoms with Crippen molar-refractivity contribution in [2.24, 2.45) is 0 Å². The molecule has 0 atom stereocenters. The molecule has 0 bridgehead atoms. The van der Waals surface area contributed by atoms with Gasteiger partial charge in [-0.3, -0.25) is 4.68 Å². The van der Waals surface area contributed by atoms with Gasteiger partial charge in [0.15, 0.2) is 0 Å². The van der Waals surface area contributed by atoms with Crippen molar-refractivity contribution in [1.29, 1.82) is 0 Å². The van der Waals surface area contributed by atoms with Crippen LogP contribution in [0.2, 0.25) is 0 Å². The molecule has 0 aliphatic carbocycles. The quantitative estimate of drug-likeness (QED) is 0.640. The zero-order chi connectivity index (χ0) is 13.1. The van der Waals surface area contributed by atoms with E-state index in [1.165, 1.54) is 14.7 Å². The van der Waals surface area contributed by atoms with Crippen LogP contribution < -0.4 is 0 Å². The maximum atomic E-state index is 4.43. The van der Waals surface area contributed by atoms with E-state index < -0.39 is 0 Å². The van der Waals surface area contributed by atoms with Gasteiger partial charge in [-0.25, -0.2) is 0 Å². The maximum absolute atomic E-state index is 4.43. The second kappa shape index (κ2) is 5.57. The minimum atomic E-state index is 0.811. The van der Waals surface area contributed by atoms with Crippen LogP contribution in [0.15, 0.2) is 67.0 Å². The highest BCUT2D eigenvalue weighted by molar-refractivity contribution is 14.1. The summed E-state index contributed by atoms with van der Waals surface area (Å²) in [7, 11) is 0. The SMILES string of the molecule is Ic1ccc(-c2cnn(Cc3ccccc3)c2)cc1. The molecule has 0 aliphatic rings. The molecule has 94 valence electrons. The average Bonchev–Trinajstić information content (AvgIpc) is 2.89. The van der Waals surface area contributed by atoms with Gasteiger partial charge < -0.3 is 0 Å². The minimum Gasteiger partial charge on any atom is -0.268 e. The zero-order valence-corrected chi connectivity index (χ0v) is 12.5. The zero-order valence-electron chi connectivity index (χ0n) is 10.3. The van der Waals surface area contributed by atoms with E-state index >= 15 is 0 Å². The molecule has 0 radical (unpaired) electrons. The number of hydrogen-bond donors (Lipinski definition) is 0. The van der Waals surface area contributed by atoms with Crippen molar-refractivity contribution in [1.82, 2.24) is 9.78 Å². The molecule has 0 fully saturated rings. The summed E-state index contributed by atoms with van der Waals surface area (Å²) in [6.07, 6.45) is 4.01. The Morgan fingerprint density at radius 2 is 1.63 bits per heavy atom. The molecule has 3 rings (SSSR count). The van der Waals surface area contributed by atoms with Crippen LogP contribution in [0, 0.1) is 3.57 Å². The van der Waals surface area contributed by atoms with Crippen LogP contribution in [0.3, 0.4) is 0 Å². The van der Waals surface area contributed by atoms with Gasteiger partial charge in [0.1, 0.15) is 0 Å². The van der Waals surface area contributed by atoms with Crippen molar-refractivity contribution in [3.8, 4) is 11.1 Å². The van der Waals surface area contributed by atoms with Crippen molar-refractivity contribution < 1.29 is 0 Å². The monoisotopic (exact) mass is 360 g/mol. The fourth-order valence-corrected chi connectivity index (χ4v) is 2.37. The first-order valence-corrected chi connectivity index (χ1v) is 7.21. The first-order chi connectivity index (χ1) is 9.31. The summed E-state index contributed by atoms with van der Waals surface area (Å²) in [5, 5.41) is 4.43. The van der Waals surface area contributed by atoms with E-state index in [0.717, 1.165) is 12.1 Å². The molecule has 2 aromatic carbocycles. The maximum Gasteiger partial charge on any atom is 0.0659 e. The molecule has 19 heavy (non-hydrogen) atoms. The number of nitrogens with zero attached hydrogens (tertiary/aromatic N) is 2. The second-order valence-electron chi connectivity index (χ2n) is 4.42. The topological polar surface area (TPSA) is 17.8 Å². The second-order valence-corrected chi connectivity index (χ2v) is 5.66. The molecule has 1 aromatic heterocycles. The van der Waals surface area contributed by atoms with Gasteiger partial charge in [-0.05, 0) is 45.9 Å². The molecule has 0 amide bonds. The van der Waals surface area contributed by atoms with Gasteiger partial charge in [0.2, 0.25) is 0 Å². The number of benzene rings is 2. The number of aromatic nitrogens is 2. The summed E-state index contributed by atoms with van der Waals surface area (Å²) >= 11 is 2.32. The van der Waals surface area contributed by atoms with Crippen LogP contribution >= 0.6 is 22.6 Å². The third-order valence-corrected chi connectivity index (χ3v) is 3.72. The van der Waals surface area contributed by atoms with Gasteiger partial charge >= 0.3 is 0 Å². The highest BCUT2D eigenvalue weighted by atomic mass is 127. The van der Waals surface area contributed by atoms with Gasteiger partial charge in [0, 0.05) is 15.3 Å². The summed E-state index contributed by atoms with van der Waals surface area (Å²) in [5.74, 6) is 0. The average molecular weight is 360 g/mol. The Hall–Kier alpha value is -1.62. The lowest BCUT2D eigenvalue weighted by Crippen LogP contribution is -1.99. The molecular formula is C16H13IN2. The van der Waals surface area contributed by atoms with Gasteiger partial charge in [-0.1, -0.05) is 42.5 Å². The van der Waals surface area contributed by atoms with E-state index in [-0.39, 0.29) is 0 Å². The van der Waals surface area contributed by atoms with Crippen LogP contribution in [0.5, 0.6) is 0 Å². The van der Waals surface area contributed by atoms with Crippen molar-refractivity contribution in [3.05, 3.63) is 76.1 Å². The standard InChI is InChI=1S/C16H13IN2/c17-16-8-6-14(7-9-16)15-10-18-19(12-15)11-13-4-2-1-3-5-13/h1-10,12H,11H2. The Morgan fingerprint density at radius 3 is 2.37 bits per heavy atom. The first kappa shape index (κ1) is 12.4. The Balaban J connectivity index is 1.82. The predicted octanol–water partition coefficient (Wildman–Crippen LogP) is 4.20. The number of halogens is 1. The summed E-state index contributed by atoms with van der Waals surface area (Å²) in [5.41, 5.74) is 3.63.